The Morgan fingerprint density at radius 2 is 2.35 bits per heavy atom. The molecule has 1 unspecified atom stereocenters. The molecule has 1 fully saturated rings. The predicted octanol–water partition coefficient (Wildman–Crippen LogP) is 2.07. The van der Waals surface area contributed by atoms with Crippen LogP contribution < -0.4 is 0 Å². The van der Waals surface area contributed by atoms with Crippen molar-refractivity contribution in [1.82, 2.24) is 20.0 Å². The minimum absolute atomic E-state index is 0.000727. The number of hydrogen-bond acceptors (Lipinski definition) is 7. The van der Waals surface area contributed by atoms with Gasteiger partial charge in [0.15, 0.2) is 5.82 Å². The van der Waals surface area contributed by atoms with Gasteiger partial charge in [-0.25, -0.2) is 4.98 Å². The van der Waals surface area contributed by atoms with Crippen LogP contribution in [-0.4, -0.2) is 45.6 Å². The predicted molar refractivity (Wildman–Crippen MR) is 84.1 cm³/mol. The van der Waals surface area contributed by atoms with Crippen LogP contribution in [0.25, 0.3) is 0 Å². The van der Waals surface area contributed by atoms with E-state index in [2.05, 4.69) is 20.5 Å². The average molecular weight is 336 g/mol. The molecule has 1 saturated heterocycles. The lowest BCUT2D eigenvalue weighted by Gasteiger charge is -2.31. The Bertz CT molecular complexity index is 669. The maximum atomic E-state index is 12.3. The molecule has 3 rings (SSSR count). The smallest absolute Gasteiger partial charge is 0.252 e. The highest BCUT2D eigenvalue weighted by Gasteiger charge is 2.26. The molecule has 124 valence electrons. The zero-order valence-corrected chi connectivity index (χ0v) is 14.1. The SMILES string of the molecule is Cc1csc(C2CCCN(C(=O)COCc3nc(C)no3)C2)n1. The van der Waals surface area contributed by atoms with Gasteiger partial charge in [-0.05, 0) is 26.7 Å². The summed E-state index contributed by atoms with van der Waals surface area (Å²) in [5, 5.41) is 6.87. The third-order valence-corrected chi connectivity index (χ3v) is 4.91. The molecule has 7 nitrogen and oxygen atoms in total. The molecule has 1 atom stereocenters. The number of hydrogen-bond donors (Lipinski definition) is 0. The summed E-state index contributed by atoms with van der Waals surface area (Å²) in [5.74, 6) is 1.29. The molecular formula is C15H20N4O3S. The van der Waals surface area contributed by atoms with E-state index < -0.39 is 0 Å². The molecule has 1 amide bonds. The van der Waals surface area contributed by atoms with Gasteiger partial charge in [-0.3, -0.25) is 4.79 Å². The van der Waals surface area contributed by atoms with Crippen molar-refractivity contribution < 1.29 is 14.1 Å². The van der Waals surface area contributed by atoms with Crippen LogP contribution in [0.3, 0.4) is 0 Å². The first-order valence-corrected chi connectivity index (χ1v) is 8.56. The van der Waals surface area contributed by atoms with Crippen LogP contribution >= 0.6 is 11.3 Å². The molecule has 0 saturated carbocycles. The molecule has 0 spiro atoms. The van der Waals surface area contributed by atoms with Crippen molar-refractivity contribution in [2.45, 2.75) is 39.2 Å². The second kappa shape index (κ2) is 7.18. The van der Waals surface area contributed by atoms with E-state index in [1.54, 1.807) is 18.3 Å². The van der Waals surface area contributed by atoms with Crippen LogP contribution in [0.15, 0.2) is 9.90 Å². The number of aryl methyl sites for hydroxylation is 2. The van der Waals surface area contributed by atoms with Crippen molar-refractivity contribution >= 4 is 17.2 Å². The van der Waals surface area contributed by atoms with Crippen LogP contribution in [0.2, 0.25) is 0 Å². The fourth-order valence-electron chi connectivity index (χ4n) is 2.68. The second-order valence-electron chi connectivity index (χ2n) is 5.73. The number of aromatic nitrogens is 3. The summed E-state index contributed by atoms with van der Waals surface area (Å²) in [6.45, 7) is 5.43. The fraction of sp³-hybridized carbons (Fsp3) is 0.600. The molecule has 8 heteroatoms. The maximum Gasteiger partial charge on any atom is 0.252 e. The van der Waals surface area contributed by atoms with E-state index in [0.29, 0.717) is 17.6 Å². The maximum absolute atomic E-state index is 12.3. The van der Waals surface area contributed by atoms with E-state index >= 15 is 0 Å². The zero-order valence-electron chi connectivity index (χ0n) is 13.3. The van der Waals surface area contributed by atoms with E-state index in [9.17, 15) is 4.79 Å². The van der Waals surface area contributed by atoms with Crippen molar-refractivity contribution in [1.29, 1.82) is 0 Å². The molecule has 0 aliphatic carbocycles. The Labute approximate surface area is 138 Å². The lowest BCUT2D eigenvalue weighted by molar-refractivity contribution is -0.138. The molecule has 0 bridgehead atoms. The van der Waals surface area contributed by atoms with Gasteiger partial charge in [-0.1, -0.05) is 5.16 Å². The summed E-state index contributed by atoms with van der Waals surface area (Å²) in [6, 6.07) is 0. The third-order valence-electron chi connectivity index (χ3n) is 3.78. The first-order valence-electron chi connectivity index (χ1n) is 7.68. The van der Waals surface area contributed by atoms with Crippen LogP contribution in [0.4, 0.5) is 0 Å². The van der Waals surface area contributed by atoms with Gasteiger partial charge in [-0.2, -0.15) is 4.98 Å². The monoisotopic (exact) mass is 336 g/mol. The largest absolute Gasteiger partial charge is 0.362 e. The number of amides is 1. The first-order chi connectivity index (χ1) is 11.1. The molecule has 1 aliphatic rings. The Morgan fingerprint density at radius 1 is 1.48 bits per heavy atom. The van der Waals surface area contributed by atoms with E-state index in [4.69, 9.17) is 9.26 Å². The fourth-order valence-corrected chi connectivity index (χ4v) is 3.61. The summed E-state index contributed by atoms with van der Waals surface area (Å²) in [4.78, 5) is 22.8. The molecular weight excluding hydrogens is 316 g/mol. The normalized spacial score (nSPS) is 18.3. The number of nitrogens with zero attached hydrogens (tertiary/aromatic N) is 4. The van der Waals surface area contributed by atoms with Gasteiger partial charge in [0.05, 0.1) is 5.01 Å². The molecule has 2 aromatic rings. The van der Waals surface area contributed by atoms with Crippen LogP contribution in [0, 0.1) is 13.8 Å². The number of ether oxygens (including phenoxy) is 1. The van der Waals surface area contributed by atoms with Crippen molar-refractivity contribution in [3.63, 3.8) is 0 Å². The van der Waals surface area contributed by atoms with E-state index in [0.717, 1.165) is 36.6 Å². The molecule has 23 heavy (non-hydrogen) atoms. The molecule has 0 aromatic carbocycles. The van der Waals surface area contributed by atoms with Crippen molar-refractivity contribution in [2.75, 3.05) is 19.7 Å². The molecule has 0 N–H and O–H groups in total. The van der Waals surface area contributed by atoms with Crippen LogP contribution in [0.1, 0.15) is 41.2 Å². The van der Waals surface area contributed by atoms with Crippen LogP contribution in [-0.2, 0) is 16.1 Å². The number of piperidine rings is 1. The summed E-state index contributed by atoms with van der Waals surface area (Å²) in [7, 11) is 0. The average Bonchev–Trinajstić information content (AvgIpc) is 3.16. The minimum Gasteiger partial charge on any atom is -0.362 e. The highest BCUT2D eigenvalue weighted by Crippen LogP contribution is 2.29. The number of carbonyl (C=O) groups is 1. The summed E-state index contributed by atoms with van der Waals surface area (Å²) in [5.41, 5.74) is 1.05. The van der Waals surface area contributed by atoms with Crippen LogP contribution in [0.5, 0.6) is 0 Å². The summed E-state index contributed by atoms with van der Waals surface area (Å²) < 4.78 is 10.3. The minimum atomic E-state index is -0.000727. The van der Waals surface area contributed by atoms with Crippen molar-refractivity contribution in [3.8, 4) is 0 Å². The lowest BCUT2D eigenvalue weighted by atomic mass is 9.99. The highest BCUT2D eigenvalue weighted by molar-refractivity contribution is 7.09. The second-order valence-corrected chi connectivity index (χ2v) is 6.62. The molecule has 3 heterocycles. The molecule has 2 aromatic heterocycles. The Balaban J connectivity index is 1.48. The van der Waals surface area contributed by atoms with Gasteiger partial charge < -0.3 is 14.2 Å². The van der Waals surface area contributed by atoms with Gasteiger partial charge in [0, 0.05) is 30.1 Å². The van der Waals surface area contributed by atoms with Gasteiger partial charge >= 0.3 is 0 Å². The molecule has 0 radical (unpaired) electrons. The lowest BCUT2D eigenvalue weighted by Crippen LogP contribution is -2.41. The number of rotatable bonds is 5. The van der Waals surface area contributed by atoms with Crippen molar-refractivity contribution in [3.05, 3.63) is 27.8 Å². The zero-order chi connectivity index (χ0) is 16.2. The third kappa shape index (κ3) is 4.14. The number of likely N-dealkylation sites (tertiary alicyclic amines) is 1. The van der Waals surface area contributed by atoms with E-state index in [-0.39, 0.29) is 19.1 Å². The van der Waals surface area contributed by atoms with Gasteiger partial charge in [0.1, 0.15) is 13.2 Å². The van der Waals surface area contributed by atoms with E-state index in [1.165, 1.54) is 0 Å². The number of thiazole rings is 1. The number of carbonyl (C=O) groups excluding carboxylic acids is 1. The summed E-state index contributed by atoms with van der Waals surface area (Å²) >= 11 is 1.68. The van der Waals surface area contributed by atoms with Gasteiger partial charge in [0.25, 0.3) is 5.89 Å². The standard InChI is InChI=1S/C15H20N4O3S/c1-10-9-23-15(16-10)12-4-3-5-19(6-12)14(20)8-21-7-13-17-11(2)18-22-13/h9,12H,3-8H2,1-2H3. The summed E-state index contributed by atoms with van der Waals surface area (Å²) in [6.07, 6.45) is 2.08. The van der Waals surface area contributed by atoms with E-state index in [1.807, 2.05) is 11.8 Å². The topological polar surface area (TPSA) is 81.4 Å². The quantitative estimate of drug-likeness (QED) is 0.831. The van der Waals surface area contributed by atoms with Crippen molar-refractivity contribution in [2.24, 2.45) is 0 Å². The van der Waals surface area contributed by atoms with Gasteiger partial charge in [-0.15, -0.1) is 11.3 Å². The Hall–Kier alpha value is -1.80. The first kappa shape index (κ1) is 16.1. The Kier molecular flexibility index (Phi) is 5.02. The Morgan fingerprint density at radius 3 is 3.04 bits per heavy atom. The molecule has 1 aliphatic heterocycles. The highest BCUT2D eigenvalue weighted by atomic mass is 32.1. The van der Waals surface area contributed by atoms with Gasteiger partial charge in [0.2, 0.25) is 5.91 Å².